The van der Waals surface area contributed by atoms with Crippen molar-refractivity contribution in [2.45, 2.75) is 6.04 Å². The molecule has 3 aromatic rings. The number of hydrogen-bond acceptors (Lipinski definition) is 4. The Bertz CT molecular complexity index is 1090. The number of rotatable bonds is 6. The summed E-state index contributed by atoms with van der Waals surface area (Å²) in [5.74, 6) is -0.885. The van der Waals surface area contributed by atoms with E-state index in [2.05, 4.69) is 58.7 Å². The summed E-state index contributed by atoms with van der Waals surface area (Å²) in [5.41, 5.74) is 2.95. The first-order valence-electron chi connectivity index (χ1n) is 10.9. The molecule has 0 radical (unpaired) electrons. The summed E-state index contributed by atoms with van der Waals surface area (Å²) in [7, 11) is 0. The van der Waals surface area contributed by atoms with E-state index in [9.17, 15) is 14.4 Å². The number of carbonyl (C=O) groups excluding carboxylic acids is 1. The number of piperazine rings is 1. The van der Waals surface area contributed by atoms with Crippen LogP contribution < -0.4 is 5.32 Å². The number of nitriles is 1. The van der Waals surface area contributed by atoms with Crippen LogP contribution in [-0.4, -0.2) is 41.9 Å². The van der Waals surface area contributed by atoms with Crippen LogP contribution in [0.4, 0.5) is 10.1 Å². The van der Waals surface area contributed by atoms with Crippen molar-refractivity contribution in [1.29, 1.82) is 5.26 Å². The Hall–Kier alpha value is -3.95. The minimum absolute atomic E-state index is 0.0236. The van der Waals surface area contributed by atoms with Crippen LogP contribution >= 0.6 is 0 Å². The fraction of sp³-hybridized carbons (Fsp3) is 0.185. The number of benzene rings is 3. The van der Waals surface area contributed by atoms with Crippen molar-refractivity contribution in [3.63, 3.8) is 0 Å². The van der Waals surface area contributed by atoms with Crippen LogP contribution in [0.25, 0.3) is 0 Å². The standard InChI is InChI=1S/C27H25FN4O/c28-24-11-13-25(14-12-24)30-27(33)23(19-29)20-31-15-17-32(18-16-31)26(21-7-3-1-4-8-21)22-9-5-2-6-10-22/h1-14,20,26H,15-18H2,(H,30,33)/b23-20-. The number of halogens is 1. The zero-order chi connectivity index (χ0) is 23.0. The Balaban J connectivity index is 1.44. The molecule has 1 heterocycles. The van der Waals surface area contributed by atoms with Crippen LogP contribution in [-0.2, 0) is 4.79 Å². The van der Waals surface area contributed by atoms with Gasteiger partial charge in [-0.15, -0.1) is 0 Å². The summed E-state index contributed by atoms with van der Waals surface area (Å²) in [6.07, 6.45) is 1.62. The Morgan fingerprint density at radius 2 is 1.42 bits per heavy atom. The van der Waals surface area contributed by atoms with Crippen LogP contribution in [0.1, 0.15) is 17.2 Å². The van der Waals surface area contributed by atoms with Gasteiger partial charge in [0.1, 0.15) is 17.5 Å². The third-order valence-corrected chi connectivity index (χ3v) is 5.72. The van der Waals surface area contributed by atoms with Crippen LogP contribution in [0, 0.1) is 17.1 Å². The highest BCUT2D eigenvalue weighted by Gasteiger charge is 2.26. The second-order valence-electron chi connectivity index (χ2n) is 7.91. The second-order valence-corrected chi connectivity index (χ2v) is 7.91. The molecule has 5 nitrogen and oxygen atoms in total. The molecule has 0 spiro atoms. The fourth-order valence-electron chi connectivity index (χ4n) is 4.06. The Morgan fingerprint density at radius 3 is 1.94 bits per heavy atom. The number of nitrogens with zero attached hydrogens (tertiary/aromatic N) is 3. The monoisotopic (exact) mass is 440 g/mol. The third-order valence-electron chi connectivity index (χ3n) is 5.72. The summed E-state index contributed by atoms with van der Waals surface area (Å²) in [5, 5.41) is 12.2. The normalized spacial score (nSPS) is 14.7. The highest BCUT2D eigenvalue weighted by atomic mass is 19.1. The maximum atomic E-state index is 13.1. The summed E-state index contributed by atoms with van der Waals surface area (Å²) >= 11 is 0. The highest BCUT2D eigenvalue weighted by Crippen LogP contribution is 2.29. The van der Waals surface area contributed by atoms with Gasteiger partial charge in [0, 0.05) is 38.1 Å². The lowest BCUT2D eigenvalue weighted by Gasteiger charge is -2.39. The van der Waals surface area contributed by atoms with Crippen molar-refractivity contribution < 1.29 is 9.18 Å². The molecule has 0 aromatic heterocycles. The maximum absolute atomic E-state index is 13.1. The van der Waals surface area contributed by atoms with Gasteiger partial charge in [-0.3, -0.25) is 9.69 Å². The minimum atomic E-state index is -0.502. The molecular formula is C27H25FN4O. The van der Waals surface area contributed by atoms with E-state index in [1.165, 1.54) is 35.4 Å². The van der Waals surface area contributed by atoms with E-state index in [4.69, 9.17) is 0 Å². The molecule has 0 bridgehead atoms. The van der Waals surface area contributed by atoms with Crippen molar-refractivity contribution in [1.82, 2.24) is 9.80 Å². The molecule has 33 heavy (non-hydrogen) atoms. The van der Waals surface area contributed by atoms with Gasteiger partial charge in [-0.1, -0.05) is 60.7 Å². The molecule has 1 saturated heterocycles. The van der Waals surface area contributed by atoms with Crippen molar-refractivity contribution in [3.8, 4) is 6.07 Å². The van der Waals surface area contributed by atoms with Gasteiger partial charge in [-0.05, 0) is 35.4 Å². The van der Waals surface area contributed by atoms with E-state index < -0.39 is 5.91 Å². The van der Waals surface area contributed by atoms with Crippen LogP contribution in [0.2, 0.25) is 0 Å². The SMILES string of the molecule is N#C/C(=C/N1CCN(C(c2ccccc2)c2ccccc2)CC1)C(=O)Nc1ccc(F)cc1. The van der Waals surface area contributed by atoms with Gasteiger partial charge in [0.2, 0.25) is 0 Å². The van der Waals surface area contributed by atoms with E-state index in [-0.39, 0.29) is 17.4 Å². The number of anilines is 1. The molecule has 166 valence electrons. The van der Waals surface area contributed by atoms with E-state index in [1.54, 1.807) is 6.20 Å². The molecular weight excluding hydrogens is 415 g/mol. The molecule has 1 aliphatic rings. The minimum Gasteiger partial charge on any atom is -0.374 e. The summed E-state index contributed by atoms with van der Waals surface area (Å²) in [6, 6.07) is 28.5. The molecule has 1 aliphatic heterocycles. The predicted octanol–water partition coefficient (Wildman–Crippen LogP) is 4.58. The Kier molecular flexibility index (Phi) is 7.13. The average Bonchev–Trinajstić information content (AvgIpc) is 2.86. The average molecular weight is 441 g/mol. The quantitative estimate of drug-likeness (QED) is 0.450. The van der Waals surface area contributed by atoms with Crippen LogP contribution in [0.3, 0.4) is 0 Å². The van der Waals surface area contributed by atoms with Gasteiger partial charge in [0.05, 0.1) is 6.04 Å². The van der Waals surface area contributed by atoms with Gasteiger partial charge in [-0.2, -0.15) is 5.26 Å². The molecule has 0 saturated carbocycles. The molecule has 0 aliphatic carbocycles. The molecule has 1 fully saturated rings. The molecule has 6 heteroatoms. The Labute approximate surface area is 193 Å². The van der Waals surface area contributed by atoms with Crippen molar-refractivity contribution in [2.75, 3.05) is 31.5 Å². The van der Waals surface area contributed by atoms with Gasteiger partial charge in [-0.25, -0.2) is 4.39 Å². The largest absolute Gasteiger partial charge is 0.374 e. The lowest BCUT2D eigenvalue weighted by Crippen LogP contribution is -2.46. The van der Waals surface area contributed by atoms with Crippen molar-refractivity contribution in [3.05, 3.63) is 114 Å². The van der Waals surface area contributed by atoms with E-state index in [0.29, 0.717) is 18.8 Å². The third kappa shape index (κ3) is 5.65. The zero-order valence-electron chi connectivity index (χ0n) is 18.2. The lowest BCUT2D eigenvalue weighted by atomic mass is 9.96. The van der Waals surface area contributed by atoms with Gasteiger partial charge >= 0.3 is 0 Å². The highest BCUT2D eigenvalue weighted by molar-refractivity contribution is 6.06. The fourth-order valence-corrected chi connectivity index (χ4v) is 4.06. The van der Waals surface area contributed by atoms with Crippen LogP contribution in [0.5, 0.6) is 0 Å². The smallest absolute Gasteiger partial charge is 0.267 e. The summed E-state index contributed by atoms with van der Waals surface area (Å²) in [6.45, 7) is 2.99. The van der Waals surface area contributed by atoms with Crippen molar-refractivity contribution in [2.24, 2.45) is 0 Å². The van der Waals surface area contributed by atoms with E-state index in [0.717, 1.165) is 13.1 Å². The first-order valence-corrected chi connectivity index (χ1v) is 10.9. The Morgan fingerprint density at radius 1 is 0.879 bits per heavy atom. The molecule has 0 atom stereocenters. The summed E-state index contributed by atoms with van der Waals surface area (Å²) in [4.78, 5) is 16.9. The summed E-state index contributed by atoms with van der Waals surface area (Å²) < 4.78 is 13.1. The first kappa shape index (κ1) is 22.3. The molecule has 1 amide bonds. The van der Waals surface area contributed by atoms with E-state index in [1.807, 2.05) is 23.1 Å². The second kappa shape index (κ2) is 10.6. The molecule has 3 aromatic carbocycles. The van der Waals surface area contributed by atoms with Crippen molar-refractivity contribution >= 4 is 11.6 Å². The van der Waals surface area contributed by atoms with Gasteiger partial charge < -0.3 is 10.2 Å². The topological polar surface area (TPSA) is 59.4 Å². The van der Waals surface area contributed by atoms with E-state index >= 15 is 0 Å². The number of carbonyl (C=O) groups is 1. The van der Waals surface area contributed by atoms with Crippen LogP contribution in [0.15, 0.2) is 96.7 Å². The molecule has 4 rings (SSSR count). The van der Waals surface area contributed by atoms with Gasteiger partial charge in [0.25, 0.3) is 5.91 Å². The lowest BCUT2D eigenvalue weighted by molar-refractivity contribution is -0.112. The number of nitrogens with one attached hydrogen (secondary N) is 1. The number of hydrogen-bond donors (Lipinski definition) is 1. The maximum Gasteiger partial charge on any atom is 0.267 e. The zero-order valence-corrected chi connectivity index (χ0v) is 18.2. The predicted molar refractivity (Wildman–Crippen MR) is 127 cm³/mol. The first-order chi connectivity index (χ1) is 16.1. The van der Waals surface area contributed by atoms with Gasteiger partial charge in [0.15, 0.2) is 0 Å². The number of amides is 1. The molecule has 1 N–H and O–H groups in total. The molecule has 0 unspecified atom stereocenters.